The Balaban J connectivity index is 1.30. The van der Waals surface area contributed by atoms with Crippen molar-refractivity contribution in [1.82, 2.24) is 14.9 Å². The number of ether oxygens (including phenoxy) is 1. The summed E-state index contributed by atoms with van der Waals surface area (Å²) in [4.78, 5) is 37.4. The average molecular weight is 521 g/mol. The van der Waals surface area contributed by atoms with Crippen molar-refractivity contribution < 1.29 is 14.3 Å². The number of thiazole rings is 1. The molecule has 2 aromatic heterocycles. The summed E-state index contributed by atoms with van der Waals surface area (Å²) in [6, 6.07) is 14.9. The van der Waals surface area contributed by atoms with Gasteiger partial charge < -0.3 is 4.74 Å². The lowest BCUT2D eigenvalue weighted by molar-refractivity contribution is -0.119. The molecule has 2 aromatic carbocycles. The molecule has 1 amide bonds. The predicted octanol–water partition coefficient (Wildman–Crippen LogP) is 5.58. The molecule has 5 rings (SSSR count). The van der Waals surface area contributed by atoms with Crippen LogP contribution in [0, 0.1) is 0 Å². The van der Waals surface area contributed by atoms with Crippen molar-refractivity contribution in [2.45, 2.75) is 26.3 Å². The minimum Gasteiger partial charge on any atom is -0.452 e. The number of hydrogen-bond acceptors (Lipinski definition) is 7. The van der Waals surface area contributed by atoms with Gasteiger partial charge in [0.1, 0.15) is 0 Å². The van der Waals surface area contributed by atoms with E-state index in [4.69, 9.17) is 21.3 Å². The van der Waals surface area contributed by atoms with Crippen molar-refractivity contribution in [2.24, 2.45) is 0 Å². The number of pyridine rings is 1. The minimum absolute atomic E-state index is 0.404. The van der Waals surface area contributed by atoms with E-state index >= 15 is 0 Å². The summed E-state index contributed by atoms with van der Waals surface area (Å²) in [6.07, 6.45) is 1.81. The van der Waals surface area contributed by atoms with Crippen LogP contribution in [-0.4, -0.2) is 46.4 Å². The summed E-state index contributed by atoms with van der Waals surface area (Å²) in [6.45, 7) is 4.25. The zero-order valence-electron chi connectivity index (χ0n) is 19.8. The molecule has 0 radical (unpaired) electrons. The molecule has 184 valence electrons. The van der Waals surface area contributed by atoms with Crippen molar-refractivity contribution >= 4 is 50.8 Å². The van der Waals surface area contributed by atoms with Crippen LogP contribution in [-0.2, 0) is 22.5 Å². The van der Waals surface area contributed by atoms with Crippen LogP contribution >= 0.6 is 22.9 Å². The number of nitrogens with one attached hydrogen (secondary N) is 1. The summed E-state index contributed by atoms with van der Waals surface area (Å²) in [7, 11) is 0. The van der Waals surface area contributed by atoms with Gasteiger partial charge in [0.15, 0.2) is 11.7 Å². The highest BCUT2D eigenvalue weighted by molar-refractivity contribution is 7.14. The second kappa shape index (κ2) is 10.7. The van der Waals surface area contributed by atoms with Crippen molar-refractivity contribution in [3.05, 3.63) is 75.8 Å². The maximum atomic E-state index is 13.3. The highest BCUT2D eigenvalue weighted by Gasteiger charge is 2.26. The number of nitrogens with zero attached hydrogens (tertiary/aromatic N) is 3. The van der Waals surface area contributed by atoms with Crippen molar-refractivity contribution in [3.8, 4) is 11.3 Å². The number of fused-ring (bicyclic) bond motifs is 2. The molecule has 1 N–H and O–H groups in total. The molecular formula is C27H25ClN4O3S. The zero-order chi connectivity index (χ0) is 25.1. The van der Waals surface area contributed by atoms with E-state index in [1.165, 1.54) is 11.3 Å². The summed E-state index contributed by atoms with van der Waals surface area (Å²) >= 11 is 7.25. The first-order chi connectivity index (χ1) is 17.5. The van der Waals surface area contributed by atoms with Crippen molar-refractivity contribution in [1.29, 1.82) is 0 Å². The lowest BCUT2D eigenvalue weighted by Gasteiger charge is -2.29. The molecule has 0 fully saturated rings. The van der Waals surface area contributed by atoms with Gasteiger partial charge in [-0.3, -0.25) is 20.0 Å². The van der Waals surface area contributed by atoms with E-state index in [1.54, 1.807) is 12.1 Å². The van der Waals surface area contributed by atoms with Gasteiger partial charge >= 0.3 is 5.97 Å². The smallest absolute Gasteiger partial charge is 0.339 e. The Morgan fingerprint density at radius 3 is 2.75 bits per heavy atom. The second-order valence-electron chi connectivity index (χ2n) is 8.62. The van der Waals surface area contributed by atoms with Gasteiger partial charge in [-0.1, -0.05) is 48.9 Å². The molecular weight excluding hydrogens is 496 g/mol. The third-order valence-electron chi connectivity index (χ3n) is 6.09. The van der Waals surface area contributed by atoms with Gasteiger partial charge in [-0.05, 0) is 31.2 Å². The summed E-state index contributed by atoms with van der Waals surface area (Å²) < 4.78 is 5.50. The van der Waals surface area contributed by atoms with Crippen LogP contribution in [0.4, 0.5) is 5.13 Å². The molecule has 0 aliphatic carbocycles. The van der Waals surface area contributed by atoms with Gasteiger partial charge in [-0.2, -0.15) is 0 Å². The standard InChI is InChI=1S/C27H25ClN4O3S/c1-2-12-32-13-11-22-20(14-32)25(19-5-3-4-6-21(19)29-22)26(34)35-15-24(33)31-27-30-23(16-36-27)17-7-9-18(28)10-8-17/h3-10,16H,2,11-15H2,1H3,(H,30,31,33). The summed E-state index contributed by atoms with van der Waals surface area (Å²) in [5, 5.41) is 6.39. The summed E-state index contributed by atoms with van der Waals surface area (Å²) in [5.74, 6) is -0.959. The molecule has 9 heteroatoms. The molecule has 1 aliphatic heterocycles. The van der Waals surface area contributed by atoms with Crippen molar-refractivity contribution in [3.63, 3.8) is 0 Å². The van der Waals surface area contributed by atoms with E-state index < -0.39 is 18.5 Å². The third-order valence-corrected chi connectivity index (χ3v) is 7.10. The number of rotatable bonds is 7. The Bertz CT molecular complexity index is 1420. The van der Waals surface area contributed by atoms with E-state index in [9.17, 15) is 9.59 Å². The highest BCUT2D eigenvalue weighted by Crippen LogP contribution is 2.29. The molecule has 0 spiro atoms. The number of aromatic nitrogens is 2. The molecule has 7 nitrogen and oxygen atoms in total. The number of carbonyl (C=O) groups excluding carboxylic acids is 2. The van der Waals surface area contributed by atoms with Crippen LogP contribution in [0.25, 0.3) is 22.2 Å². The van der Waals surface area contributed by atoms with Gasteiger partial charge in [0, 0.05) is 52.1 Å². The van der Waals surface area contributed by atoms with Gasteiger partial charge in [-0.25, -0.2) is 9.78 Å². The monoisotopic (exact) mass is 520 g/mol. The first kappa shape index (κ1) is 24.4. The largest absolute Gasteiger partial charge is 0.452 e. The molecule has 4 aromatic rings. The maximum Gasteiger partial charge on any atom is 0.339 e. The quantitative estimate of drug-likeness (QED) is 0.320. The molecule has 0 unspecified atom stereocenters. The van der Waals surface area contributed by atoms with Gasteiger partial charge in [0.25, 0.3) is 5.91 Å². The van der Waals surface area contributed by atoms with Gasteiger partial charge in [0.05, 0.1) is 16.8 Å². The lowest BCUT2D eigenvalue weighted by Crippen LogP contribution is -2.33. The number of amides is 1. The summed E-state index contributed by atoms with van der Waals surface area (Å²) in [5.41, 5.74) is 4.71. The molecule has 0 saturated heterocycles. The number of carbonyl (C=O) groups is 2. The first-order valence-electron chi connectivity index (χ1n) is 11.8. The van der Waals surface area contributed by atoms with Crippen LogP contribution in [0.15, 0.2) is 53.9 Å². The SMILES string of the molecule is CCCN1CCc2nc3ccccc3c(C(=O)OCC(=O)Nc3nc(-c4ccc(Cl)cc4)cs3)c2C1. The maximum absolute atomic E-state index is 13.3. The van der Waals surface area contributed by atoms with Gasteiger partial charge in [0.2, 0.25) is 0 Å². The van der Waals surface area contributed by atoms with E-state index in [0.717, 1.165) is 59.3 Å². The molecule has 0 saturated carbocycles. The van der Waals surface area contributed by atoms with Crippen LogP contribution in [0.5, 0.6) is 0 Å². The van der Waals surface area contributed by atoms with E-state index in [1.807, 2.05) is 41.8 Å². The predicted molar refractivity (Wildman–Crippen MR) is 142 cm³/mol. The normalized spacial score (nSPS) is 13.4. The van der Waals surface area contributed by atoms with Crippen LogP contribution in [0.3, 0.4) is 0 Å². The Labute approximate surface area is 218 Å². The van der Waals surface area contributed by atoms with Gasteiger partial charge in [-0.15, -0.1) is 11.3 Å². The lowest BCUT2D eigenvalue weighted by atomic mass is 9.95. The fourth-order valence-corrected chi connectivity index (χ4v) is 5.29. The molecule has 0 bridgehead atoms. The van der Waals surface area contributed by atoms with Crippen LogP contribution < -0.4 is 5.32 Å². The number of para-hydroxylation sites is 1. The number of hydrogen-bond donors (Lipinski definition) is 1. The first-order valence-corrected chi connectivity index (χ1v) is 13.1. The molecule has 1 aliphatic rings. The molecule has 0 atom stereocenters. The zero-order valence-corrected chi connectivity index (χ0v) is 21.4. The third kappa shape index (κ3) is 5.26. The second-order valence-corrected chi connectivity index (χ2v) is 9.92. The molecule has 3 heterocycles. The number of esters is 1. The highest BCUT2D eigenvalue weighted by atomic mass is 35.5. The Morgan fingerprint density at radius 2 is 1.94 bits per heavy atom. The number of anilines is 1. The Kier molecular flexibility index (Phi) is 7.27. The van der Waals surface area contributed by atoms with E-state index in [0.29, 0.717) is 22.3 Å². The van der Waals surface area contributed by atoms with Crippen LogP contribution in [0.2, 0.25) is 5.02 Å². The Hall–Kier alpha value is -3.33. The topological polar surface area (TPSA) is 84.4 Å². The fraction of sp³-hybridized carbons (Fsp3) is 0.259. The van der Waals surface area contributed by atoms with E-state index in [-0.39, 0.29) is 0 Å². The van der Waals surface area contributed by atoms with Crippen molar-refractivity contribution in [2.75, 3.05) is 25.0 Å². The number of benzene rings is 2. The fourth-order valence-electron chi connectivity index (χ4n) is 4.43. The minimum atomic E-state index is -0.514. The number of halogens is 1. The molecule has 36 heavy (non-hydrogen) atoms. The average Bonchev–Trinajstić information content (AvgIpc) is 3.35. The van der Waals surface area contributed by atoms with E-state index in [2.05, 4.69) is 22.1 Å². The van der Waals surface area contributed by atoms with Crippen LogP contribution in [0.1, 0.15) is 35.0 Å². The Morgan fingerprint density at radius 1 is 1.14 bits per heavy atom.